The van der Waals surface area contributed by atoms with Crippen molar-refractivity contribution in [1.29, 1.82) is 0 Å². The van der Waals surface area contributed by atoms with Gasteiger partial charge in [-0.05, 0) is 38.1 Å². The number of nitrogens with zero attached hydrogens (tertiary/aromatic N) is 4. The van der Waals surface area contributed by atoms with Gasteiger partial charge >= 0.3 is 0 Å². The number of hydrogen-bond donors (Lipinski definition) is 0. The molecule has 1 amide bonds. The summed E-state index contributed by atoms with van der Waals surface area (Å²) >= 11 is 0. The number of hydrogen-bond acceptors (Lipinski definition) is 4. The van der Waals surface area contributed by atoms with E-state index in [0.29, 0.717) is 18.2 Å². The standard InChI is InChI=1S/C18H30N4O2/c1-20-13-15(12-19-20)14-21-9-5-16(17(24-2)6-10-21)11-18(23)22-7-3-4-8-22/h12-13,16-17H,3-11,14H2,1-2H3/t16-,17+/m1/s1. The smallest absolute Gasteiger partial charge is 0.222 e. The Hall–Kier alpha value is -1.40. The first kappa shape index (κ1) is 17.4. The molecule has 1 aromatic heterocycles. The lowest BCUT2D eigenvalue weighted by molar-refractivity contribution is -0.132. The summed E-state index contributed by atoms with van der Waals surface area (Å²) in [6, 6.07) is 0. The van der Waals surface area contributed by atoms with E-state index in [4.69, 9.17) is 4.74 Å². The van der Waals surface area contributed by atoms with E-state index >= 15 is 0 Å². The molecule has 0 spiro atoms. The van der Waals surface area contributed by atoms with Gasteiger partial charge in [-0.1, -0.05) is 0 Å². The molecule has 1 aromatic rings. The van der Waals surface area contributed by atoms with Crippen molar-refractivity contribution in [2.75, 3.05) is 33.3 Å². The fourth-order valence-corrected chi connectivity index (χ4v) is 4.03. The summed E-state index contributed by atoms with van der Waals surface area (Å²) in [6.45, 7) is 4.85. The molecular formula is C18H30N4O2. The van der Waals surface area contributed by atoms with E-state index in [9.17, 15) is 4.79 Å². The van der Waals surface area contributed by atoms with Gasteiger partial charge in [-0.15, -0.1) is 0 Å². The van der Waals surface area contributed by atoms with Crippen molar-refractivity contribution in [3.05, 3.63) is 18.0 Å². The second kappa shape index (κ2) is 8.12. The van der Waals surface area contributed by atoms with Crippen LogP contribution in [-0.2, 0) is 23.1 Å². The fraction of sp³-hybridized carbons (Fsp3) is 0.778. The Balaban J connectivity index is 1.56. The van der Waals surface area contributed by atoms with Crippen LogP contribution in [0, 0.1) is 5.92 Å². The maximum atomic E-state index is 12.5. The highest BCUT2D eigenvalue weighted by Crippen LogP contribution is 2.26. The van der Waals surface area contributed by atoms with Crippen LogP contribution in [0.25, 0.3) is 0 Å². The molecule has 3 rings (SSSR count). The predicted octanol–water partition coefficient (Wildman–Crippen LogP) is 1.66. The number of methoxy groups -OCH3 is 1. The maximum Gasteiger partial charge on any atom is 0.222 e. The van der Waals surface area contributed by atoms with E-state index in [1.165, 1.54) is 5.56 Å². The van der Waals surface area contributed by atoms with Crippen LogP contribution in [0.4, 0.5) is 0 Å². The molecule has 0 saturated carbocycles. The van der Waals surface area contributed by atoms with Crippen LogP contribution in [-0.4, -0.2) is 64.9 Å². The maximum absolute atomic E-state index is 12.5. The summed E-state index contributed by atoms with van der Waals surface area (Å²) in [6.07, 6.45) is 9.17. The minimum absolute atomic E-state index is 0.190. The van der Waals surface area contributed by atoms with Gasteiger partial charge in [0.15, 0.2) is 0 Å². The third-order valence-corrected chi connectivity index (χ3v) is 5.43. The molecule has 3 heterocycles. The number of aryl methyl sites for hydroxylation is 1. The molecule has 2 aliphatic rings. The average molecular weight is 334 g/mol. The van der Waals surface area contributed by atoms with E-state index in [1.807, 2.05) is 22.8 Å². The molecule has 24 heavy (non-hydrogen) atoms. The molecular weight excluding hydrogens is 304 g/mol. The van der Waals surface area contributed by atoms with Gasteiger partial charge in [-0.3, -0.25) is 14.4 Å². The lowest BCUT2D eigenvalue weighted by atomic mass is 9.93. The third kappa shape index (κ3) is 4.36. The topological polar surface area (TPSA) is 50.6 Å². The van der Waals surface area contributed by atoms with Crippen molar-refractivity contribution >= 4 is 5.91 Å². The Morgan fingerprint density at radius 3 is 2.67 bits per heavy atom. The van der Waals surface area contributed by atoms with Gasteiger partial charge in [0.05, 0.1) is 12.3 Å². The van der Waals surface area contributed by atoms with Crippen molar-refractivity contribution in [3.63, 3.8) is 0 Å². The molecule has 0 N–H and O–H groups in total. The highest BCUT2D eigenvalue weighted by molar-refractivity contribution is 5.76. The van der Waals surface area contributed by atoms with Crippen LogP contribution in [0.15, 0.2) is 12.4 Å². The first-order valence-electron chi connectivity index (χ1n) is 9.16. The molecule has 0 radical (unpaired) electrons. The zero-order valence-electron chi connectivity index (χ0n) is 15.0. The van der Waals surface area contributed by atoms with Crippen molar-refractivity contribution in [3.8, 4) is 0 Å². The fourth-order valence-electron chi connectivity index (χ4n) is 4.03. The zero-order valence-corrected chi connectivity index (χ0v) is 15.0. The van der Waals surface area contributed by atoms with Gasteiger partial charge in [-0.25, -0.2) is 0 Å². The Morgan fingerprint density at radius 2 is 2.00 bits per heavy atom. The Morgan fingerprint density at radius 1 is 1.25 bits per heavy atom. The number of rotatable bonds is 5. The highest BCUT2D eigenvalue weighted by Gasteiger charge is 2.30. The van der Waals surface area contributed by atoms with Gasteiger partial charge in [0, 0.05) is 58.5 Å². The van der Waals surface area contributed by atoms with E-state index in [-0.39, 0.29) is 6.10 Å². The van der Waals surface area contributed by atoms with Crippen LogP contribution in [0.1, 0.15) is 37.7 Å². The van der Waals surface area contributed by atoms with Crippen molar-refractivity contribution in [2.45, 2.75) is 44.8 Å². The van der Waals surface area contributed by atoms with Crippen molar-refractivity contribution in [2.24, 2.45) is 13.0 Å². The molecule has 6 heteroatoms. The number of likely N-dealkylation sites (tertiary alicyclic amines) is 2. The largest absolute Gasteiger partial charge is 0.381 e. The monoisotopic (exact) mass is 334 g/mol. The van der Waals surface area contributed by atoms with E-state index in [0.717, 1.165) is 58.4 Å². The molecule has 0 unspecified atom stereocenters. The molecule has 0 bridgehead atoms. The number of ether oxygens (including phenoxy) is 1. The van der Waals surface area contributed by atoms with Crippen LogP contribution in [0.5, 0.6) is 0 Å². The number of carbonyl (C=O) groups excluding carboxylic acids is 1. The average Bonchev–Trinajstić information content (AvgIpc) is 3.20. The second-order valence-corrected chi connectivity index (χ2v) is 7.20. The summed E-state index contributed by atoms with van der Waals surface area (Å²) in [7, 11) is 3.74. The molecule has 2 fully saturated rings. The summed E-state index contributed by atoms with van der Waals surface area (Å²) in [5.74, 6) is 0.655. The second-order valence-electron chi connectivity index (χ2n) is 7.20. The van der Waals surface area contributed by atoms with Gasteiger partial charge in [-0.2, -0.15) is 5.10 Å². The Bertz CT molecular complexity index is 539. The van der Waals surface area contributed by atoms with Crippen molar-refractivity contribution in [1.82, 2.24) is 19.6 Å². The number of carbonyl (C=O) groups is 1. The van der Waals surface area contributed by atoms with E-state index in [2.05, 4.69) is 16.2 Å². The quantitative estimate of drug-likeness (QED) is 0.822. The van der Waals surface area contributed by atoms with Crippen LogP contribution >= 0.6 is 0 Å². The first-order valence-corrected chi connectivity index (χ1v) is 9.16. The van der Waals surface area contributed by atoms with Gasteiger partial charge in [0.1, 0.15) is 0 Å². The third-order valence-electron chi connectivity index (χ3n) is 5.43. The first-order chi connectivity index (χ1) is 11.7. The minimum atomic E-state index is 0.190. The van der Waals surface area contributed by atoms with Crippen LogP contribution in [0.3, 0.4) is 0 Å². The lowest BCUT2D eigenvalue weighted by Gasteiger charge is -2.25. The predicted molar refractivity (Wildman–Crippen MR) is 92.4 cm³/mol. The Kier molecular flexibility index (Phi) is 5.89. The van der Waals surface area contributed by atoms with Crippen LogP contribution in [0.2, 0.25) is 0 Å². The molecule has 2 aliphatic heterocycles. The lowest BCUT2D eigenvalue weighted by Crippen LogP contribution is -2.33. The number of amides is 1. The zero-order chi connectivity index (χ0) is 16.9. The molecule has 134 valence electrons. The summed E-state index contributed by atoms with van der Waals surface area (Å²) < 4.78 is 7.59. The SMILES string of the molecule is CO[C@H]1CCN(Cc2cnn(C)c2)CC[C@@H]1CC(=O)N1CCCC1. The molecule has 0 aromatic carbocycles. The van der Waals surface area contributed by atoms with E-state index < -0.39 is 0 Å². The molecule has 0 aliphatic carbocycles. The Labute approximate surface area is 144 Å². The van der Waals surface area contributed by atoms with E-state index in [1.54, 1.807) is 7.11 Å². The number of aromatic nitrogens is 2. The minimum Gasteiger partial charge on any atom is -0.381 e. The molecule has 2 atom stereocenters. The van der Waals surface area contributed by atoms with Gasteiger partial charge in [0.25, 0.3) is 0 Å². The summed E-state index contributed by atoms with van der Waals surface area (Å²) in [5, 5.41) is 4.25. The highest BCUT2D eigenvalue weighted by atomic mass is 16.5. The normalized spacial score (nSPS) is 25.8. The summed E-state index contributed by atoms with van der Waals surface area (Å²) in [4.78, 5) is 17.0. The molecule has 6 nitrogen and oxygen atoms in total. The molecule has 2 saturated heterocycles. The van der Waals surface area contributed by atoms with Crippen molar-refractivity contribution < 1.29 is 9.53 Å². The summed E-state index contributed by atoms with van der Waals surface area (Å²) in [5.41, 5.74) is 1.25. The van der Waals surface area contributed by atoms with Gasteiger partial charge in [0.2, 0.25) is 5.91 Å². The van der Waals surface area contributed by atoms with Crippen LogP contribution < -0.4 is 0 Å². The van der Waals surface area contributed by atoms with Gasteiger partial charge < -0.3 is 9.64 Å².